The number of fused-ring (bicyclic) bond motifs is 2. The van der Waals surface area contributed by atoms with Crippen molar-refractivity contribution in [3.8, 4) is 11.8 Å². The molecule has 6 rings (SSSR count). The zero-order valence-corrected chi connectivity index (χ0v) is 17.8. The fraction of sp³-hybridized carbons (Fsp3) is 0.400. The summed E-state index contributed by atoms with van der Waals surface area (Å²) in [6, 6.07) is 8.26. The second-order valence-electron chi connectivity index (χ2n) is 9.34. The van der Waals surface area contributed by atoms with Gasteiger partial charge in [0.2, 0.25) is 5.91 Å². The summed E-state index contributed by atoms with van der Waals surface area (Å²) in [5.74, 6) is 2.48. The lowest BCUT2D eigenvalue weighted by Crippen LogP contribution is -2.29. The number of carbonyl (C=O) groups is 1. The molecule has 0 bridgehead atoms. The van der Waals surface area contributed by atoms with Crippen LogP contribution in [0.25, 0.3) is 10.9 Å². The smallest absolute Gasteiger partial charge is 0.229 e. The van der Waals surface area contributed by atoms with E-state index in [4.69, 9.17) is 10.00 Å². The first-order valence-corrected chi connectivity index (χ1v) is 11.3. The van der Waals surface area contributed by atoms with E-state index in [0.29, 0.717) is 46.1 Å². The van der Waals surface area contributed by atoms with Crippen LogP contribution < -0.4 is 10.1 Å². The average molecular weight is 443 g/mol. The van der Waals surface area contributed by atoms with E-state index in [2.05, 4.69) is 20.3 Å². The lowest BCUT2D eigenvalue weighted by molar-refractivity contribution is -0.121. The molecule has 3 aromatic rings. The van der Waals surface area contributed by atoms with Gasteiger partial charge in [0.05, 0.1) is 24.0 Å². The molecule has 0 saturated heterocycles. The van der Waals surface area contributed by atoms with Crippen molar-refractivity contribution in [2.45, 2.75) is 31.8 Å². The molecular weight excluding hydrogens is 421 g/mol. The maximum atomic E-state index is 13.7. The zero-order chi connectivity index (χ0) is 22.5. The third kappa shape index (κ3) is 3.78. The molecule has 1 amide bonds. The minimum Gasteiger partial charge on any atom is -0.490 e. The standard InChI is InChI=1S/C25H22FN5O2/c26-14-3-4-20-19(7-14)21(5-6-28-20)33-16-8-17-18(9-16)24(17)23(13-1-2-13)25(32)31-22-12-29-15(10-27)11-30-22/h3-7,11-13,16-18,23-24H,1-2,8-9H2,(H,30,31,32)/t16-,17+,18-,23?,24-. The van der Waals surface area contributed by atoms with Crippen molar-refractivity contribution in [1.29, 1.82) is 5.26 Å². The molecule has 166 valence electrons. The van der Waals surface area contributed by atoms with E-state index in [1.54, 1.807) is 18.3 Å². The van der Waals surface area contributed by atoms with E-state index in [0.717, 1.165) is 25.7 Å². The third-order valence-electron chi connectivity index (χ3n) is 7.29. The molecule has 3 saturated carbocycles. The molecule has 2 aromatic heterocycles. The highest BCUT2D eigenvalue weighted by molar-refractivity contribution is 5.92. The van der Waals surface area contributed by atoms with Crippen LogP contribution >= 0.6 is 0 Å². The number of anilines is 1. The van der Waals surface area contributed by atoms with Crippen LogP contribution in [0.4, 0.5) is 10.2 Å². The normalized spacial score (nSPS) is 26.3. The van der Waals surface area contributed by atoms with Crippen LogP contribution in [0.5, 0.6) is 5.75 Å². The number of halogens is 1. The molecule has 0 aliphatic heterocycles. The third-order valence-corrected chi connectivity index (χ3v) is 7.29. The number of amides is 1. The second kappa shape index (κ2) is 7.77. The van der Waals surface area contributed by atoms with Crippen LogP contribution in [0.3, 0.4) is 0 Å². The van der Waals surface area contributed by atoms with E-state index in [1.807, 2.05) is 6.07 Å². The SMILES string of the molecule is N#Cc1cnc(NC(=O)C(C2CC2)[C@H]2[C@@H]3C[C@H](Oc4ccnc5ccc(F)cc45)C[C@@H]32)cn1. The van der Waals surface area contributed by atoms with Gasteiger partial charge in [0.25, 0.3) is 0 Å². The Hall–Kier alpha value is -3.60. The molecule has 3 aliphatic carbocycles. The largest absolute Gasteiger partial charge is 0.490 e. The number of nitriles is 1. The van der Waals surface area contributed by atoms with Crippen molar-refractivity contribution >= 4 is 22.6 Å². The van der Waals surface area contributed by atoms with Crippen molar-refractivity contribution in [2.75, 3.05) is 5.32 Å². The van der Waals surface area contributed by atoms with Crippen LogP contribution in [0.15, 0.2) is 42.9 Å². The van der Waals surface area contributed by atoms with Crippen molar-refractivity contribution in [3.05, 3.63) is 54.4 Å². The van der Waals surface area contributed by atoms with Crippen LogP contribution in [0.2, 0.25) is 0 Å². The highest BCUT2D eigenvalue weighted by Gasteiger charge is 2.63. The minimum atomic E-state index is -0.306. The molecular formula is C25H22FN5O2. The van der Waals surface area contributed by atoms with Gasteiger partial charge in [-0.05, 0) is 73.6 Å². The van der Waals surface area contributed by atoms with Crippen molar-refractivity contribution in [1.82, 2.24) is 15.0 Å². The van der Waals surface area contributed by atoms with Gasteiger partial charge in [0.15, 0.2) is 11.5 Å². The average Bonchev–Trinajstić information content (AvgIpc) is 3.73. The zero-order valence-electron chi connectivity index (χ0n) is 17.8. The van der Waals surface area contributed by atoms with E-state index in [-0.39, 0.29) is 29.4 Å². The van der Waals surface area contributed by atoms with E-state index < -0.39 is 0 Å². The Bertz CT molecular complexity index is 1260. The number of pyridine rings is 1. The van der Waals surface area contributed by atoms with Gasteiger partial charge < -0.3 is 10.1 Å². The Labute approximate surface area is 190 Å². The van der Waals surface area contributed by atoms with E-state index in [9.17, 15) is 9.18 Å². The number of hydrogen-bond acceptors (Lipinski definition) is 6. The summed E-state index contributed by atoms with van der Waals surface area (Å²) >= 11 is 0. The molecule has 8 heteroatoms. The van der Waals surface area contributed by atoms with Crippen molar-refractivity contribution in [3.63, 3.8) is 0 Å². The van der Waals surface area contributed by atoms with Gasteiger partial charge in [0, 0.05) is 17.5 Å². The summed E-state index contributed by atoms with van der Waals surface area (Å²) in [5, 5.41) is 12.5. The predicted octanol–water partition coefficient (Wildman–Crippen LogP) is 4.10. The lowest BCUT2D eigenvalue weighted by Gasteiger charge is -2.22. The maximum Gasteiger partial charge on any atom is 0.229 e. The number of nitrogens with one attached hydrogen (secondary N) is 1. The Kier molecular flexibility index (Phi) is 4.72. The molecule has 5 atom stereocenters. The number of rotatable bonds is 6. The van der Waals surface area contributed by atoms with Gasteiger partial charge in [-0.3, -0.25) is 9.78 Å². The molecule has 1 unspecified atom stereocenters. The molecule has 0 spiro atoms. The van der Waals surface area contributed by atoms with E-state index >= 15 is 0 Å². The molecule has 1 aromatic carbocycles. The fourth-order valence-electron chi connectivity index (χ4n) is 5.66. The van der Waals surface area contributed by atoms with Gasteiger partial charge in [-0.2, -0.15) is 5.26 Å². The highest BCUT2D eigenvalue weighted by atomic mass is 19.1. The van der Waals surface area contributed by atoms with Crippen LogP contribution in [0.1, 0.15) is 31.4 Å². The summed E-state index contributed by atoms with van der Waals surface area (Å²) in [6.07, 6.45) is 8.53. The summed E-state index contributed by atoms with van der Waals surface area (Å²) in [5.41, 5.74) is 0.936. The Morgan fingerprint density at radius 1 is 1.15 bits per heavy atom. The van der Waals surface area contributed by atoms with Gasteiger partial charge in [-0.15, -0.1) is 0 Å². The van der Waals surface area contributed by atoms with Crippen LogP contribution in [-0.4, -0.2) is 27.0 Å². The Morgan fingerprint density at radius 2 is 1.97 bits per heavy atom. The lowest BCUT2D eigenvalue weighted by atomic mass is 9.91. The molecule has 1 N–H and O–H groups in total. The Morgan fingerprint density at radius 3 is 2.67 bits per heavy atom. The number of hydrogen-bond donors (Lipinski definition) is 1. The number of carbonyl (C=O) groups excluding carboxylic acids is 1. The molecule has 33 heavy (non-hydrogen) atoms. The second-order valence-corrected chi connectivity index (χ2v) is 9.34. The first-order chi connectivity index (χ1) is 16.1. The maximum absolute atomic E-state index is 13.7. The van der Waals surface area contributed by atoms with Crippen LogP contribution in [-0.2, 0) is 4.79 Å². The van der Waals surface area contributed by atoms with Crippen LogP contribution in [0, 0.1) is 46.7 Å². The summed E-state index contributed by atoms with van der Waals surface area (Å²) in [4.78, 5) is 25.5. The molecule has 3 aliphatic rings. The Balaban J connectivity index is 1.12. The minimum absolute atomic E-state index is 0.00368. The molecule has 0 radical (unpaired) electrons. The highest BCUT2D eigenvalue weighted by Crippen LogP contribution is 2.64. The number of aromatic nitrogens is 3. The predicted molar refractivity (Wildman–Crippen MR) is 117 cm³/mol. The summed E-state index contributed by atoms with van der Waals surface area (Å²) < 4.78 is 20.0. The van der Waals surface area contributed by atoms with Gasteiger partial charge in [-0.25, -0.2) is 14.4 Å². The number of ether oxygens (including phenoxy) is 1. The molecule has 7 nitrogen and oxygen atoms in total. The fourth-order valence-corrected chi connectivity index (χ4v) is 5.66. The quantitative estimate of drug-likeness (QED) is 0.616. The van der Waals surface area contributed by atoms with Crippen molar-refractivity contribution < 1.29 is 13.9 Å². The van der Waals surface area contributed by atoms with Gasteiger partial charge in [-0.1, -0.05) is 0 Å². The van der Waals surface area contributed by atoms with Gasteiger partial charge in [0.1, 0.15) is 17.6 Å². The summed E-state index contributed by atoms with van der Waals surface area (Å²) in [6.45, 7) is 0. The van der Waals surface area contributed by atoms with E-state index in [1.165, 1.54) is 24.5 Å². The number of benzene rings is 1. The first-order valence-electron chi connectivity index (χ1n) is 11.3. The molecule has 3 fully saturated rings. The molecule has 2 heterocycles. The van der Waals surface area contributed by atoms with Crippen molar-refractivity contribution in [2.24, 2.45) is 29.6 Å². The first kappa shape index (κ1) is 20.0. The van der Waals surface area contributed by atoms with Gasteiger partial charge >= 0.3 is 0 Å². The summed E-state index contributed by atoms with van der Waals surface area (Å²) in [7, 11) is 0. The topological polar surface area (TPSA) is 101 Å². The number of nitrogens with zero attached hydrogens (tertiary/aromatic N) is 4. The monoisotopic (exact) mass is 443 g/mol.